The van der Waals surface area contributed by atoms with E-state index in [0.717, 1.165) is 61.3 Å². The summed E-state index contributed by atoms with van der Waals surface area (Å²) in [5.74, 6) is 0. The molecule has 18 aromatic rings. The molecule has 0 unspecified atom stereocenters. The number of fused-ring (bicyclic) bond motifs is 10. The zero-order valence-electron chi connectivity index (χ0n) is 51.9. The van der Waals surface area contributed by atoms with Crippen LogP contribution in [-0.2, 0) is 0 Å². The van der Waals surface area contributed by atoms with Crippen molar-refractivity contribution >= 4 is 110 Å². The number of hydrogen-bond donors (Lipinski definition) is 1. The van der Waals surface area contributed by atoms with Crippen LogP contribution in [0.15, 0.2) is 381 Å². The summed E-state index contributed by atoms with van der Waals surface area (Å²) in [5, 5.41) is 11.0. The van der Waals surface area contributed by atoms with Gasteiger partial charge < -0.3 is 10.2 Å². The number of anilines is 5. The lowest BCUT2D eigenvalue weighted by molar-refractivity contribution is 1.07. The summed E-state index contributed by atoms with van der Waals surface area (Å²) >= 11 is 3.68. The highest BCUT2D eigenvalue weighted by atomic mass is 79.9. The summed E-state index contributed by atoms with van der Waals surface area (Å²) in [7, 11) is 0. The average Bonchev–Trinajstić information content (AvgIpc) is 1.56. The normalized spacial score (nSPS) is 11.2. The molecule has 452 valence electrons. The summed E-state index contributed by atoms with van der Waals surface area (Å²) < 4.78 is 10.7. The van der Waals surface area contributed by atoms with Gasteiger partial charge in [-0.25, -0.2) is 0 Å². The van der Waals surface area contributed by atoms with Gasteiger partial charge in [0.05, 0.1) is 27.8 Å². The fourth-order valence-electron chi connectivity index (χ4n) is 13.6. The van der Waals surface area contributed by atoms with Gasteiger partial charge in [-0.15, -0.1) is 0 Å². The quantitative estimate of drug-likeness (QED) is 0.140. The molecule has 4 heterocycles. The van der Waals surface area contributed by atoms with Crippen LogP contribution >= 0.6 is 15.9 Å². The zero-order valence-corrected chi connectivity index (χ0v) is 53.5. The van der Waals surface area contributed by atoms with Gasteiger partial charge in [0.25, 0.3) is 0 Å². The molecule has 0 aliphatic rings. The van der Waals surface area contributed by atoms with Gasteiger partial charge in [0, 0.05) is 93.4 Å². The van der Waals surface area contributed by atoms with Crippen LogP contribution in [0.4, 0.5) is 28.4 Å². The van der Waals surface area contributed by atoms with Crippen LogP contribution in [0.5, 0.6) is 0 Å². The van der Waals surface area contributed by atoms with Crippen LogP contribution in [0.1, 0.15) is 0 Å². The molecule has 0 spiro atoms. The maximum absolute atomic E-state index is 3.68. The van der Waals surface area contributed by atoms with E-state index in [0.29, 0.717) is 0 Å². The van der Waals surface area contributed by atoms with Gasteiger partial charge in [-0.1, -0.05) is 259 Å². The van der Waals surface area contributed by atoms with Gasteiger partial charge in [-0.2, -0.15) is 0 Å². The maximum atomic E-state index is 3.68. The van der Waals surface area contributed by atoms with E-state index < -0.39 is 0 Å². The van der Waals surface area contributed by atoms with Gasteiger partial charge in [-0.3, -0.25) is 18.3 Å². The largest absolute Gasteiger partial charge is 0.355 e. The molecule has 0 fully saturated rings. The number of rotatable bonds is 11. The number of halogens is 1. The van der Waals surface area contributed by atoms with Gasteiger partial charge in [0.15, 0.2) is 0 Å². The zero-order chi connectivity index (χ0) is 63.4. The van der Waals surface area contributed by atoms with Gasteiger partial charge >= 0.3 is 0 Å². The second kappa shape index (κ2) is 25.8. The minimum Gasteiger partial charge on any atom is -0.355 e. The smallest absolute Gasteiger partial charge is 0.131 e. The van der Waals surface area contributed by atoms with Gasteiger partial charge in [0.2, 0.25) is 0 Å². The van der Waals surface area contributed by atoms with Crippen molar-refractivity contribution in [3.63, 3.8) is 0 Å². The summed E-state index contributed by atoms with van der Waals surface area (Å²) in [4.78, 5) is 2.39. The first-order chi connectivity index (χ1) is 47.1. The Hall–Kier alpha value is -12.2. The van der Waals surface area contributed by atoms with Crippen molar-refractivity contribution in [3.05, 3.63) is 381 Å². The van der Waals surface area contributed by atoms with E-state index in [2.05, 4.69) is 396 Å². The molecule has 0 amide bonds. The van der Waals surface area contributed by atoms with Crippen molar-refractivity contribution in [1.29, 1.82) is 0 Å². The van der Waals surface area contributed by atoms with Crippen LogP contribution in [0.2, 0.25) is 0 Å². The molecule has 0 bridgehead atoms. The predicted molar refractivity (Wildman–Crippen MR) is 405 cm³/mol. The summed E-state index contributed by atoms with van der Waals surface area (Å²) in [6, 6.07) is 133. The first-order valence-electron chi connectivity index (χ1n) is 32.1. The molecule has 0 radical (unpaired) electrons. The van der Waals surface area contributed by atoms with Crippen LogP contribution in [-0.4, -0.2) is 18.3 Å². The third-order valence-corrected chi connectivity index (χ3v) is 18.2. The van der Waals surface area contributed by atoms with E-state index in [9.17, 15) is 0 Å². The number of para-hydroxylation sites is 10. The van der Waals surface area contributed by atoms with E-state index in [1.54, 1.807) is 0 Å². The lowest BCUT2D eigenvalue weighted by atomic mass is 10.0. The lowest BCUT2D eigenvalue weighted by Crippen LogP contribution is -2.11. The first-order valence-corrected chi connectivity index (χ1v) is 32.9. The van der Waals surface area contributed by atoms with E-state index in [-0.39, 0.29) is 0 Å². The number of nitrogens with zero attached hydrogens (tertiary/aromatic N) is 5. The Labute approximate surface area is 560 Å². The Morgan fingerprint density at radius 3 is 1.12 bits per heavy atom. The molecule has 14 aromatic carbocycles. The van der Waals surface area contributed by atoms with E-state index in [1.165, 1.54) is 82.3 Å². The Bertz CT molecular complexity index is 5670. The van der Waals surface area contributed by atoms with Crippen molar-refractivity contribution in [3.8, 4) is 45.0 Å². The van der Waals surface area contributed by atoms with Gasteiger partial charge in [-0.05, 0) is 145 Å². The minimum absolute atomic E-state index is 1.09. The van der Waals surface area contributed by atoms with Crippen LogP contribution in [0.3, 0.4) is 0 Å². The highest BCUT2D eigenvalue weighted by Crippen LogP contribution is 2.47. The van der Waals surface area contributed by atoms with E-state index >= 15 is 0 Å². The highest BCUT2D eigenvalue weighted by Gasteiger charge is 2.26. The highest BCUT2D eigenvalue weighted by molar-refractivity contribution is 9.10. The first kappa shape index (κ1) is 58.0. The maximum Gasteiger partial charge on any atom is 0.131 e. The third-order valence-electron chi connectivity index (χ3n) is 17.7. The molecule has 0 saturated carbocycles. The van der Waals surface area contributed by atoms with Crippen LogP contribution < -0.4 is 10.2 Å². The second-order valence-electron chi connectivity index (χ2n) is 23.4. The molecule has 0 aliphatic heterocycles. The number of hydrogen-bond acceptors (Lipinski definition) is 2. The third kappa shape index (κ3) is 11.0. The second-order valence-corrected chi connectivity index (χ2v) is 24.4. The molecule has 0 aliphatic carbocycles. The molecule has 0 saturated heterocycles. The molecular weight excluding hydrogens is 1220 g/mol. The van der Waals surface area contributed by atoms with Crippen molar-refractivity contribution in [2.75, 3.05) is 10.2 Å². The predicted octanol–water partition coefficient (Wildman–Crippen LogP) is 24.5. The molecule has 1 N–H and O–H groups in total. The SMILES string of the molecule is Brc1ccc2c(c1)c1c3ccccc3n(-c3ccccc3)c1n2-c1ccccc1.c1ccc(-c2ccccc2N(c2ccccc2)c2ccc3c(c2)c2c4ccccc4n(-c4ccccc4)c2n3-c2ccccc2)cc1.c1ccc(Nc2ccccc2-c2ccccc2)cc1. The Morgan fingerprint density at radius 2 is 0.621 bits per heavy atom. The molecule has 95 heavy (non-hydrogen) atoms. The number of nitrogens with one attached hydrogen (secondary N) is 1. The van der Waals surface area contributed by atoms with E-state index in [1.807, 2.05) is 24.3 Å². The number of aromatic nitrogens is 4. The topological polar surface area (TPSA) is 35.0 Å². The molecule has 7 heteroatoms. The Balaban J connectivity index is 0.000000125. The Kier molecular flexibility index (Phi) is 15.8. The Morgan fingerprint density at radius 1 is 0.263 bits per heavy atom. The molecule has 4 aromatic heterocycles. The molecule has 6 nitrogen and oxygen atoms in total. The monoisotopic (exact) mass is 1280 g/mol. The van der Waals surface area contributed by atoms with Crippen molar-refractivity contribution < 1.29 is 0 Å². The van der Waals surface area contributed by atoms with Crippen LogP contribution in [0, 0.1) is 0 Å². The summed E-state index contributed by atoms with van der Waals surface area (Å²) in [6.07, 6.45) is 0. The van der Waals surface area contributed by atoms with E-state index in [4.69, 9.17) is 0 Å². The van der Waals surface area contributed by atoms with Crippen LogP contribution in [0.25, 0.3) is 111 Å². The number of benzene rings is 14. The lowest BCUT2D eigenvalue weighted by Gasteiger charge is -2.28. The standard InChI is InChI=1S/C44H31N3.C26H17BrN2.C18H15N/c1-5-17-32(18-6-1)37-25-13-15-27-40(37)45(33-19-7-2-8-20-33)36-29-30-42-39(31-36)43-38-26-14-16-28-41(38)46(34-21-9-3-10-22-34)44(43)47(42)35-23-11-4-12-24-35;27-18-15-16-24-22(17-18)25-21-13-7-8-14-23(21)28(19-9-3-1-4-10-19)26(25)29(24)20-11-5-2-6-12-20;1-3-9-15(10-4-1)17-13-7-8-14-18(17)19-16-11-5-2-6-12-16/h1-31H;1-17H;1-14,19H. The van der Waals surface area contributed by atoms with Crippen molar-refractivity contribution in [1.82, 2.24) is 18.3 Å². The van der Waals surface area contributed by atoms with Gasteiger partial charge in [0.1, 0.15) is 11.3 Å². The molecular formula is C88H63BrN6. The summed E-state index contributed by atoms with van der Waals surface area (Å²) in [5.41, 5.74) is 22.1. The summed E-state index contributed by atoms with van der Waals surface area (Å²) in [6.45, 7) is 0. The van der Waals surface area contributed by atoms with Crippen molar-refractivity contribution in [2.24, 2.45) is 0 Å². The fraction of sp³-hybridized carbons (Fsp3) is 0. The molecule has 0 atom stereocenters. The molecule has 18 rings (SSSR count). The van der Waals surface area contributed by atoms with Crippen molar-refractivity contribution in [2.45, 2.75) is 0 Å². The minimum atomic E-state index is 1.09. The fourth-order valence-corrected chi connectivity index (χ4v) is 14.0. The average molecular weight is 1280 g/mol.